The summed E-state index contributed by atoms with van der Waals surface area (Å²) in [5, 5.41) is 0. The number of aryl methyl sites for hydroxylation is 1. The summed E-state index contributed by atoms with van der Waals surface area (Å²) in [4.78, 5) is 10.7. The zero-order chi connectivity index (χ0) is 14.0. The van der Waals surface area contributed by atoms with Gasteiger partial charge in [-0.2, -0.15) is 13.2 Å². The molecule has 98 valence electrons. The summed E-state index contributed by atoms with van der Waals surface area (Å²) in [6.07, 6.45) is -3.57. The Morgan fingerprint density at radius 2 is 1.53 bits per heavy atom. The predicted octanol–water partition coefficient (Wildman–Crippen LogP) is 4.49. The van der Waals surface area contributed by atoms with Crippen molar-refractivity contribution >= 4 is 6.29 Å². The van der Waals surface area contributed by atoms with Gasteiger partial charge in [-0.1, -0.05) is 30.3 Å². The molecule has 0 heterocycles. The number of rotatable bonds is 2. The van der Waals surface area contributed by atoms with E-state index in [1.807, 2.05) is 0 Å². The number of halogens is 3. The summed E-state index contributed by atoms with van der Waals surface area (Å²) in [6.45, 7) is 1.79. The van der Waals surface area contributed by atoms with Gasteiger partial charge in [0.05, 0.1) is 5.56 Å². The van der Waals surface area contributed by atoms with Crippen molar-refractivity contribution in [2.75, 3.05) is 0 Å². The minimum absolute atomic E-state index is 0.579. The molecule has 0 radical (unpaired) electrons. The van der Waals surface area contributed by atoms with Gasteiger partial charge in [0.2, 0.25) is 0 Å². The van der Waals surface area contributed by atoms with Gasteiger partial charge in [-0.15, -0.1) is 0 Å². The van der Waals surface area contributed by atoms with Crippen LogP contribution in [0.3, 0.4) is 0 Å². The molecule has 0 amide bonds. The molecule has 0 saturated carbocycles. The number of hydrogen-bond donors (Lipinski definition) is 0. The normalized spacial score (nSPS) is 11.4. The Hall–Kier alpha value is -2.10. The van der Waals surface area contributed by atoms with Gasteiger partial charge in [-0.25, -0.2) is 0 Å². The van der Waals surface area contributed by atoms with Crippen LogP contribution in [0.25, 0.3) is 11.1 Å². The van der Waals surface area contributed by atoms with E-state index in [4.69, 9.17) is 0 Å². The predicted molar refractivity (Wildman–Crippen MR) is 67.0 cm³/mol. The highest BCUT2D eigenvalue weighted by Gasteiger charge is 2.29. The van der Waals surface area contributed by atoms with E-state index >= 15 is 0 Å². The van der Waals surface area contributed by atoms with Crippen molar-refractivity contribution in [2.45, 2.75) is 13.1 Å². The fourth-order valence-corrected chi connectivity index (χ4v) is 1.84. The molecule has 2 aromatic carbocycles. The third kappa shape index (κ3) is 2.84. The Morgan fingerprint density at radius 3 is 2.00 bits per heavy atom. The zero-order valence-electron chi connectivity index (χ0n) is 10.2. The van der Waals surface area contributed by atoms with Crippen LogP contribution >= 0.6 is 0 Å². The van der Waals surface area contributed by atoms with E-state index in [0.29, 0.717) is 11.1 Å². The third-order valence-corrected chi connectivity index (χ3v) is 2.94. The van der Waals surface area contributed by atoms with E-state index in [1.165, 1.54) is 12.1 Å². The summed E-state index contributed by atoms with van der Waals surface area (Å²) in [5.41, 5.74) is 2.19. The van der Waals surface area contributed by atoms with E-state index in [0.717, 1.165) is 29.5 Å². The molecule has 0 aromatic heterocycles. The van der Waals surface area contributed by atoms with Crippen molar-refractivity contribution < 1.29 is 18.0 Å². The topological polar surface area (TPSA) is 17.1 Å². The molecule has 0 aliphatic carbocycles. The Labute approximate surface area is 108 Å². The average molecular weight is 264 g/mol. The van der Waals surface area contributed by atoms with E-state index in [9.17, 15) is 18.0 Å². The third-order valence-electron chi connectivity index (χ3n) is 2.94. The van der Waals surface area contributed by atoms with Crippen LogP contribution in [0.4, 0.5) is 13.2 Å². The summed E-state index contributed by atoms with van der Waals surface area (Å²) >= 11 is 0. The first-order valence-corrected chi connectivity index (χ1v) is 5.65. The van der Waals surface area contributed by atoms with E-state index in [2.05, 4.69) is 0 Å². The van der Waals surface area contributed by atoms with Gasteiger partial charge in [0.25, 0.3) is 0 Å². The second-order valence-corrected chi connectivity index (χ2v) is 4.26. The fraction of sp³-hybridized carbons (Fsp3) is 0.133. The summed E-state index contributed by atoms with van der Waals surface area (Å²) < 4.78 is 37.3. The largest absolute Gasteiger partial charge is 0.416 e. The molecule has 1 nitrogen and oxygen atoms in total. The van der Waals surface area contributed by atoms with Gasteiger partial charge >= 0.3 is 6.18 Å². The van der Waals surface area contributed by atoms with Gasteiger partial charge < -0.3 is 0 Å². The van der Waals surface area contributed by atoms with Crippen molar-refractivity contribution in [1.29, 1.82) is 0 Å². The van der Waals surface area contributed by atoms with Crippen LogP contribution in [0.2, 0.25) is 0 Å². The summed E-state index contributed by atoms with van der Waals surface area (Å²) in [6, 6.07) is 10.1. The molecular weight excluding hydrogens is 253 g/mol. The lowest BCUT2D eigenvalue weighted by atomic mass is 9.99. The molecule has 0 unspecified atom stereocenters. The zero-order valence-corrected chi connectivity index (χ0v) is 10.2. The molecule has 2 aromatic rings. The smallest absolute Gasteiger partial charge is 0.298 e. The maximum atomic E-state index is 12.4. The Morgan fingerprint density at radius 1 is 0.947 bits per heavy atom. The van der Waals surface area contributed by atoms with Crippen molar-refractivity contribution in [3.05, 3.63) is 59.2 Å². The lowest BCUT2D eigenvalue weighted by Crippen LogP contribution is -2.04. The van der Waals surface area contributed by atoms with Crippen LogP contribution < -0.4 is 0 Å². The minimum atomic E-state index is -4.32. The standard InChI is InChI=1S/C15H11F3O/c1-10-8-12(2-3-13(10)9-19)11-4-6-14(7-5-11)15(16,17)18/h2-9H,1H3. The maximum Gasteiger partial charge on any atom is 0.416 e. The van der Waals surface area contributed by atoms with Crippen molar-refractivity contribution in [2.24, 2.45) is 0 Å². The Bertz CT molecular complexity index is 598. The lowest BCUT2D eigenvalue weighted by molar-refractivity contribution is -0.137. The van der Waals surface area contributed by atoms with Gasteiger partial charge in [0.15, 0.2) is 0 Å². The van der Waals surface area contributed by atoms with Gasteiger partial charge in [-0.05, 0) is 35.7 Å². The fourth-order valence-electron chi connectivity index (χ4n) is 1.84. The molecule has 0 atom stereocenters. The summed E-state index contributed by atoms with van der Waals surface area (Å²) in [5.74, 6) is 0. The SMILES string of the molecule is Cc1cc(-c2ccc(C(F)(F)F)cc2)ccc1C=O. The molecule has 19 heavy (non-hydrogen) atoms. The second-order valence-electron chi connectivity index (χ2n) is 4.26. The van der Waals surface area contributed by atoms with Gasteiger partial charge in [-0.3, -0.25) is 4.79 Å². The van der Waals surface area contributed by atoms with E-state index in [1.54, 1.807) is 25.1 Å². The number of hydrogen-bond acceptors (Lipinski definition) is 1. The van der Waals surface area contributed by atoms with Crippen LogP contribution in [0.15, 0.2) is 42.5 Å². The second kappa shape index (κ2) is 4.88. The molecule has 4 heteroatoms. The van der Waals surface area contributed by atoms with E-state index < -0.39 is 11.7 Å². The Kier molecular flexibility index (Phi) is 3.42. The van der Waals surface area contributed by atoms with Gasteiger partial charge in [0, 0.05) is 5.56 Å². The highest BCUT2D eigenvalue weighted by molar-refractivity contribution is 5.79. The molecule has 2 rings (SSSR count). The molecule has 0 bridgehead atoms. The van der Waals surface area contributed by atoms with Crippen LogP contribution in [-0.4, -0.2) is 6.29 Å². The highest BCUT2D eigenvalue weighted by atomic mass is 19.4. The summed E-state index contributed by atoms with van der Waals surface area (Å²) in [7, 11) is 0. The quantitative estimate of drug-likeness (QED) is 0.730. The molecule has 0 N–H and O–H groups in total. The van der Waals surface area contributed by atoms with Crippen LogP contribution in [0.5, 0.6) is 0 Å². The maximum absolute atomic E-state index is 12.4. The average Bonchev–Trinajstić information content (AvgIpc) is 2.38. The molecule has 0 aliphatic rings. The van der Waals surface area contributed by atoms with Crippen LogP contribution in [0.1, 0.15) is 21.5 Å². The number of carbonyl (C=O) groups is 1. The number of benzene rings is 2. The van der Waals surface area contributed by atoms with E-state index in [-0.39, 0.29) is 0 Å². The molecule has 0 saturated heterocycles. The van der Waals surface area contributed by atoms with Crippen molar-refractivity contribution in [1.82, 2.24) is 0 Å². The molecule has 0 aliphatic heterocycles. The first-order valence-electron chi connectivity index (χ1n) is 5.65. The number of aldehydes is 1. The van der Waals surface area contributed by atoms with Crippen LogP contribution in [-0.2, 0) is 6.18 Å². The van der Waals surface area contributed by atoms with Crippen molar-refractivity contribution in [3.63, 3.8) is 0 Å². The number of alkyl halides is 3. The Balaban J connectivity index is 2.37. The van der Waals surface area contributed by atoms with Gasteiger partial charge in [0.1, 0.15) is 6.29 Å². The molecule has 0 spiro atoms. The first kappa shape index (κ1) is 13.3. The lowest BCUT2D eigenvalue weighted by Gasteiger charge is -2.08. The molecule has 0 fully saturated rings. The minimum Gasteiger partial charge on any atom is -0.298 e. The first-order chi connectivity index (χ1) is 8.91. The molecular formula is C15H11F3O. The number of carbonyl (C=O) groups excluding carboxylic acids is 1. The van der Waals surface area contributed by atoms with Crippen molar-refractivity contribution in [3.8, 4) is 11.1 Å². The highest BCUT2D eigenvalue weighted by Crippen LogP contribution is 2.31. The van der Waals surface area contributed by atoms with Crippen LogP contribution in [0, 0.1) is 6.92 Å². The monoisotopic (exact) mass is 264 g/mol.